The molecule has 2 saturated heterocycles. The van der Waals surface area contributed by atoms with Crippen LogP contribution in [0.3, 0.4) is 0 Å². The lowest BCUT2D eigenvalue weighted by Gasteiger charge is -2.16. The van der Waals surface area contributed by atoms with Crippen molar-refractivity contribution in [2.75, 3.05) is 39.3 Å². The maximum Gasteiger partial charge on any atom is 0.393 e. The normalized spacial score (nSPS) is 21.4. The Morgan fingerprint density at radius 1 is 0.889 bits per heavy atom. The molecule has 27 heavy (non-hydrogen) atoms. The first kappa shape index (κ1) is 31.3. The Morgan fingerprint density at radius 3 is 1.67 bits per heavy atom. The second-order valence-corrected chi connectivity index (χ2v) is 5.80. The van der Waals surface area contributed by atoms with Gasteiger partial charge in [-0.05, 0) is 32.5 Å². The van der Waals surface area contributed by atoms with Crippen LogP contribution in [0.4, 0.5) is 22.0 Å². The molecule has 168 valence electrons. The third-order valence-electron chi connectivity index (χ3n) is 3.97. The summed E-state index contributed by atoms with van der Waals surface area (Å²) in [6.07, 6.45) is -2.72. The molecule has 1 unspecified atom stereocenters. The monoisotopic (exact) mass is 406 g/mol. The van der Waals surface area contributed by atoms with E-state index in [4.69, 9.17) is 0 Å². The Bertz CT molecular complexity index is 309. The minimum absolute atomic E-state index is 0.0382. The number of alkyl halides is 5. The first-order valence-corrected chi connectivity index (χ1v) is 10.6. The highest BCUT2D eigenvalue weighted by atomic mass is 19.4. The maximum atomic E-state index is 12.3. The zero-order valence-electron chi connectivity index (χ0n) is 18.7. The molecular weight excluding hydrogens is 363 g/mol. The van der Waals surface area contributed by atoms with Crippen molar-refractivity contribution in [1.82, 2.24) is 9.80 Å². The Labute approximate surface area is 164 Å². The highest BCUT2D eigenvalue weighted by molar-refractivity contribution is 4.80. The zero-order valence-corrected chi connectivity index (χ0v) is 18.7. The van der Waals surface area contributed by atoms with Gasteiger partial charge in [-0.15, -0.1) is 0 Å². The third kappa shape index (κ3) is 15.2. The van der Waals surface area contributed by atoms with E-state index in [1.807, 2.05) is 60.3 Å². The van der Waals surface area contributed by atoms with Crippen LogP contribution >= 0.6 is 0 Å². The van der Waals surface area contributed by atoms with Gasteiger partial charge in [0, 0.05) is 19.5 Å². The number of halogens is 5. The third-order valence-corrected chi connectivity index (χ3v) is 3.97. The molecule has 1 atom stereocenters. The number of hydrogen-bond donors (Lipinski definition) is 0. The van der Waals surface area contributed by atoms with Crippen LogP contribution in [0, 0.1) is 5.92 Å². The van der Waals surface area contributed by atoms with Crippen molar-refractivity contribution < 1.29 is 22.0 Å². The quantitative estimate of drug-likeness (QED) is 0.481. The molecule has 2 aliphatic heterocycles. The van der Waals surface area contributed by atoms with Crippen LogP contribution in [0.25, 0.3) is 0 Å². The first-order valence-electron chi connectivity index (χ1n) is 10.6. The fourth-order valence-electron chi connectivity index (χ4n) is 2.70. The summed E-state index contributed by atoms with van der Waals surface area (Å²) in [6, 6.07) is 0. The number of rotatable bonds is 3. The molecule has 0 N–H and O–H groups in total. The molecule has 0 bridgehead atoms. The van der Waals surface area contributed by atoms with Gasteiger partial charge < -0.3 is 4.90 Å². The summed E-state index contributed by atoms with van der Waals surface area (Å²) in [7, 11) is 0. The summed E-state index contributed by atoms with van der Waals surface area (Å²) in [6.45, 7) is 18.8. The van der Waals surface area contributed by atoms with Crippen molar-refractivity contribution in [1.29, 1.82) is 0 Å². The molecule has 0 radical (unpaired) electrons. The lowest BCUT2D eigenvalue weighted by Crippen LogP contribution is -2.27. The van der Waals surface area contributed by atoms with Gasteiger partial charge >= 0.3 is 6.18 Å². The van der Waals surface area contributed by atoms with E-state index in [1.54, 1.807) is 4.90 Å². The molecule has 0 spiro atoms. The predicted molar refractivity (Wildman–Crippen MR) is 107 cm³/mol. The van der Waals surface area contributed by atoms with Gasteiger partial charge in [-0.25, -0.2) is 8.78 Å². The van der Waals surface area contributed by atoms with Crippen molar-refractivity contribution in [3.05, 3.63) is 0 Å². The number of likely N-dealkylation sites (tertiary alicyclic amines) is 2. The van der Waals surface area contributed by atoms with Crippen LogP contribution in [0.2, 0.25) is 0 Å². The van der Waals surface area contributed by atoms with E-state index in [0.717, 1.165) is 19.5 Å². The molecule has 0 amide bonds. The van der Waals surface area contributed by atoms with E-state index in [0.29, 0.717) is 13.1 Å². The largest absolute Gasteiger partial charge is 0.393 e. The van der Waals surface area contributed by atoms with Gasteiger partial charge in [-0.3, -0.25) is 4.90 Å². The van der Waals surface area contributed by atoms with Crippen LogP contribution in [-0.4, -0.2) is 61.2 Å². The van der Waals surface area contributed by atoms with Crippen molar-refractivity contribution in [2.45, 2.75) is 86.8 Å². The van der Waals surface area contributed by atoms with Crippen LogP contribution in [0.1, 0.15) is 74.7 Å². The summed E-state index contributed by atoms with van der Waals surface area (Å²) in [5.41, 5.74) is 0. The van der Waals surface area contributed by atoms with Crippen LogP contribution in [0.5, 0.6) is 0 Å². The van der Waals surface area contributed by atoms with Crippen molar-refractivity contribution in [3.8, 4) is 0 Å². The summed E-state index contributed by atoms with van der Waals surface area (Å²) in [5.74, 6) is -3.49. The Morgan fingerprint density at radius 2 is 1.41 bits per heavy atom. The average molecular weight is 407 g/mol. The SMILES string of the molecule is CC.CC.CC.CCCN1CCC(C(F)(F)F)C1.CCN1CCC(F)(F)C1. The van der Waals surface area contributed by atoms with Gasteiger partial charge in [-0.1, -0.05) is 55.4 Å². The molecule has 7 heteroatoms. The Kier molecular flexibility index (Phi) is 20.4. The van der Waals surface area contributed by atoms with E-state index in [2.05, 4.69) is 0 Å². The van der Waals surface area contributed by atoms with E-state index < -0.39 is 18.0 Å². The molecule has 2 rings (SSSR count). The highest BCUT2D eigenvalue weighted by Gasteiger charge is 2.43. The van der Waals surface area contributed by atoms with Crippen molar-refractivity contribution in [3.63, 3.8) is 0 Å². The second-order valence-electron chi connectivity index (χ2n) is 5.80. The lowest BCUT2D eigenvalue weighted by atomic mass is 10.1. The minimum atomic E-state index is -3.98. The fourth-order valence-corrected chi connectivity index (χ4v) is 2.70. The van der Waals surface area contributed by atoms with E-state index >= 15 is 0 Å². The van der Waals surface area contributed by atoms with E-state index in [-0.39, 0.29) is 25.9 Å². The zero-order chi connectivity index (χ0) is 22.1. The van der Waals surface area contributed by atoms with Crippen molar-refractivity contribution >= 4 is 0 Å². The number of nitrogens with zero attached hydrogens (tertiary/aromatic N) is 2. The first-order chi connectivity index (χ1) is 12.7. The van der Waals surface area contributed by atoms with Gasteiger partial charge in [0.2, 0.25) is 0 Å². The maximum absolute atomic E-state index is 12.3. The van der Waals surface area contributed by atoms with Gasteiger partial charge in [-0.2, -0.15) is 13.2 Å². The topological polar surface area (TPSA) is 6.48 Å². The number of hydrogen-bond acceptors (Lipinski definition) is 2. The summed E-state index contributed by atoms with van der Waals surface area (Å²) < 4.78 is 61.1. The smallest absolute Gasteiger partial charge is 0.303 e. The molecule has 0 aromatic carbocycles. The standard InChI is InChI=1S/C8H14F3N.C6H11F2N.3C2H6/c1-2-4-12-5-3-7(6-12)8(9,10)11;1-2-9-4-3-6(7,8)5-9;3*1-2/h7H,2-6H2,1H3;2-5H2,1H3;3*1-2H3. The molecule has 0 aliphatic carbocycles. The highest BCUT2D eigenvalue weighted by Crippen LogP contribution is 2.33. The molecule has 2 aliphatic rings. The molecule has 0 saturated carbocycles. The summed E-state index contributed by atoms with van der Waals surface area (Å²) in [5, 5.41) is 0. The lowest BCUT2D eigenvalue weighted by molar-refractivity contribution is -0.170. The van der Waals surface area contributed by atoms with Gasteiger partial charge in [0.05, 0.1) is 12.5 Å². The van der Waals surface area contributed by atoms with Gasteiger partial charge in [0.1, 0.15) is 0 Å². The Hall–Kier alpha value is -0.430. The van der Waals surface area contributed by atoms with Crippen LogP contribution in [0.15, 0.2) is 0 Å². The molecule has 2 nitrogen and oxygen atoms in total. The van der Waals surface area contributed by atoms with Crippen LogP contribution in [-0.2, 0) is 0 Å². The van der Waals surface area contributed by atoms with E-state index in [1.165, 1.54) is 0 Å². The summed E-state index contributed by atoms with van der Waals surface area (Å²) in [4.78, 5) is 3.65. The summed E-state index contributed by atoms with van der Waals surface area (Å²) >= 11 is 0. The minimum Gasteiger partial charge on any atom is -0.303 e. The van der Waals surface area contributed by atoms with Gasteiger partial charge in [0.25, 0.3) is 5.92 Å². The van der Waals surface area contributed by atoms with Gasteiger partial charge in [0.15, 0.2) is 0 Å². The fraction of sp³-hybridized carbons (Fsp3) is 1.00. The van der Waals surface area contributed by atoms with Crippen LogP contribution < -0.4 is 0 Å². The molecule has 0 aromatic heterocycles. The molecular formula is C20H43F5N2. The van der Waals surface area contributed by atoms with Crippen molar-refractivity contribution in [2.24, 2.45) is 5.92 Å². The Balaban J connectivity index is -0.000000341. The molecule has 0 aromatic rings. The predicted octanol–water partition coefficient (Wildman–Crippen LogP) is 6.71. The molecule has 2 fully saturated rings. The van der Waals surface area contributed by atoms with E-state index in [9.17, 15) is 22.0 Å². The molecule has 2 heterocycles. The second kappa shape index (κ2) is 17.7. The average Bonchev–Trinajstić information content (AvgIpc) is 3.27.